The normalized spacial score (nSPS) is 16.8. The summed E-state index contributed by atoms with van der Waals surface area (Å²) in [6.45, 7) is 4.20. The lowest BCUT2D eigenvalue weighted by molar-refractivity contribution is -0.384. The molecule has 5 nitrogen and oxygen atoms in total. The minimum absolute atomic E-state index is 0.0553. The van der Waals surface area contributed by atoms with E-state index in [0.717, 1.165) is 24.7 Å². The van der Waals surface area contributed by atoms with Gasteiger partial charge in [0.15, 0.2) is 0 Å². The van der Waals surface area contributed by atoms with Gasteiger partial charge >= 0.3 is 0 Å². The number of nitrogens with zero attached hydrogens (tertiary/aromatic N) is 2. The number of nitrogens with two attached hydrogens (primary N) is 1. The smallest absolute Gasteiger partial charge is 0.271 e. The van der Waals surface area contributed by atoms with Gasteiger partial charge in [-0.2, -0.15) is 0 Å². The van der Waals surface area contributed by atoms with Gasteiger partial charge in [-0.15, -0.1) is 0 Å². The highest BCUT2D eigenvalue weighted by molar-refractivity contribution is 5.70. The number of anilines is 2. The predicted octanol–water partition coefficient (Wildman–Crippen LogP) is 2.80. The van der Waals surface area contributed by atoms with E-state index < -0.39 is 4.92 Å². The molecule has 0 radical (unpaired) electrons. The number of hydrogen-bond acceptors (Lipinski definition) is 4. The average molecular weight is 249 g/mol. The maximum atomic E-state index is 10.7. The molecular weight excluding hydrogens is 230 g/mol. The third-order valence-electron chi connectivity index (χ3n) is 3.75. The van der Waals surface area contributed by atoms with Crippen molar-refractivity contribution in [2.45, 2.75) is 26.2 Å². The van der Waals surface area contributed by atoms with E-state index in [1.165, 1.54) is 31.4 Å². The van der Waals surface area contributed by atoms with Crippen LogP contribution in [0.1, 0.15) is 26.2 Å². The van der Waals surface area contributed by atoms with Crippen LogP contribution in [0, 0.1) is 16.0 Å². The van der Waals surface area contributed by atoms with Gasteiger partial charge in [0.1, 0.15) is 0 Å². The first-order valence-electron chi connectivity index (χ1n) is 6.40. The number of nitrogen functional groups attached to an aromatic ring is 1. The van der Waals surface area contributed by atoms with E-state index in [1.54, 1.807) is 6.07 Å². The molecular formula is C13H19N3O2. The lowest BCUT2D eigenvalue weighted by atomic mass is 9.94. The molecule has 0 amide bonds. The summed E-state index contributed by atoms with van der Waals surface area (Å²) in [7, 11) is 0. The van der Waals surface area contributed by atoms with E-state index in [4.69, 9.17) is 5.73 Å². The molecule has 0 unspecified atom stereocenters. The van der Waals surface area contributed by atoms with Crippen LogP contribution in [0.4, 0.5) is 17.1 Å². The van der Waals surface area contributed by atoms with Gasteiger partial charge in [0, 0.05) is 25.2 Å². The number of piperidine rings is 1. The first kappa shape index (κ1) is 12.7. The molecule has 1 heterocycles. The van der Waals surface area contributed by atoms with Crippen molar-refractivity contribution in [2.24, 2.45) is 5.92 Å². The van der Waals surface area contributed by atoms with Crippen LogP contribution in [-0.4, -0.2) is 18.0 Å². The zero-order valence-corrected chi connectivity index (χ0v) is 10.6. The summed E-state index contributed by atoms with van der Waals surface area (Å²) in [6.07, 6.45) is 3.57. The Labute approximate surface area is 107 Å². The highest BCUT2D eigenvalue weighted by atomic mass is 16.6. The second-order valence-corrected chi connectivity index (χ2v) is 4.84. The van der Waals surface area contributed by atoms with Crippen molar-refractivity contribution in [2.75, 3.05) is 23.7 Å². The van der Waals surface area contributed by atoms with Gasteiger partial charge in [-0.25, -0.2) is 0 Å². The Balaban J connectivity index is 2.12. The minimum Gasteiger partial charge on any atom is -0.397 e. The molecule has 0 bridgehead atoms. The second-order valence-electron chi connectivity index (χ2n) is 4.84. The number of benzene rings is 1. The van der Waals surface area contributed by atoms with Crippen LogP contribution in [0.2, 0.25) is 0 Å². The zero-order valence-electron chi connectivity index (χ0n) is 10.6. The fourth-order valence-corrected chi connectivity index (χ4v) is 2.53. The van der Waals surface area contributed by atoms with Gasteiger partial charge in [-0.3, -0.25) is 10.1 Å². The molecule has 1 aliphatic heterocycles. The fourth-order valence-electron chi connectivity index (χ4n) is 2.53. The third-order valence-corrected chi connectivity index (χ3v) is 3.75. The van der Waals surface area contributed by atoms with Crippen molar-refractivity contribution in [1.29, 1.82) is 0 Å². The topological polar surface area (TPSA) is 72.4 Å². The van der Waals surface area contributed by atoms with Crippen LogP contribution in [0.3, 0.4) is 0 Å². The SMILES string of the molecule is CCC1CCN(c2ccc([N+](=O)[O-])cc2N)CC1. The summed E-state index contributed by atoms with van der Waals surface area (Å²) in [5.41, 5.74) is 7.39. The van der Waals surface area contributed by atoms with E-state index >= 15 is 0 Å². The summed E-state index contributed by atoms with van der Waals surface area (Å²) in [6, 6.07) is 4.73. The van der Waals surface area contributed by atoms with Gasteiger partial charge in [0.2, 0.25) is 0 Å². The van der Waals surface area contributed by atoms with E-state index in [-0.39, 0.29) is 5.69 Å². The maximum absolute atomic E-state index is 10.7. The Bertz CT molecular complexity index is 440. The van der Waals surface area contributed by atoms with Crippen molar-refractivity contribution in [3.8, 4) is 0 Å². The maximum Gasteiger partial charge on any atom is 0.271 e. The Kier molecular flexibility index (Phi) is 3.69. The minimum atomic E-state index is -0.413. The molecule has 98 valence electrons. The van der Waals surface area contributed by atoms with E-state index in [0.29, 0.717) is 5.69 Å². The predicted molar refractivity (Wildman–Crippen MR) is 72.7 cm³/mol. The molecule has 1 aliphatic rings. The van der Waals surface area contributed by atoms with Crippen molar-refractivity contribution in [3.63, 3.8) is 0 Å². The van der Waals surface area contributed by atoms with Crippen LogP contribution >= 0.6 is 0 Å². The summed E-state index contributed by atoms with van der Waals surface area (Å²) in [5.74, 6) is 0.806. The largest absolute Gasteiger partial charge is 0.397 e. The first-order valence-corrected chi connectivity index (χ1v) is 6.40. The molecule has 0 spiro atoms. The van der Waals surface area contributed by atoms with Crippen molar-refractivity contribution in [1.82, 2.24) is 0 Å². The molecule has 18 heavy (non-hydrogen) atoms. The highest BCUT2D eigenvalue weighted by Gasteiger charge is 2.20. The second kappa shape index (κ2) is 5.25. The quantitative estimate of drug-likeness (QED) is 0.508. The monoisotopic (exact) mass is 249 g/mol. The Morgan fingerprint density at radius 2 is 2.11 bits per heavy atom. The molecule has 2 rings (SSSR count). The molecule has 0 atom stereocenters. The van der Waals surface area contributed by atoms with Crippen molar-refractivity contribution >= 4 is 17.1 Å². The van der Waals surface area contributed by atoms with Gasteiger partial charge in [-0.05, 0) is 24.8 Å². The summed E-state index contributed by atoms with van der Waals surface area (Å²) in [4.78, 5) is 12.5. The molecule has 2 N–H and O–H groups in total. The van der Waals surface area contributed by atoms with Crippen molar-refractivity contribution in [3.05, 3.63) is 28.3 Å². The molecule has 1 fully saturated rings. The van der Waals surface area contributed by atoms with Crippen molar-refractivity contribution < 1.29 is 4.92 Å². The fraction of sp³-hybridized carbons (Fsp3) is 0.538. The lowest BCUT2D eigenvalue weighted by Crippen LogP contribution is -2.33. The van der Waals surface area contributed by atoms with Crippen LogP contribution in [0.15, 0.2) is 18.2 Å². The molecule has 0 saturated carbocycles. The highest BCUT2D eigenvalue weighted by Crippen LogP contribution is 2.31. The zero-order chi connectivity index (χ0) is 13.1. The number of non-ortho nitro benzene ring substituents is 1. The Hall–Kier alpha value is -1.78. The molecule has 1 aromatic carbocycles. The van der Waals surface area contributed by atoms with Gasteiger partial charge in [0.25, 0.3) is 5.69 Å². The summed E-state index contributed by atoms with van der Waals surface area (Å²) in [5, 5.41) is 10.7. The number of nitro groups is 1. The van der Waals surface area contributed by atoms with Gasteiger partial charge < -0.3 is 10.6 Å². The molecule has 1 aromatic rings. The number of nitro benzene ring substituents is 1. The van der Waals surface area contributed by atoms with E-state index in [1.807, 2.05) is 0 Å². The third kappa shape index (κ3) is 2.55. The van der Waals surface area contributed by atoms with E-state index in [2.05, 4.69) is 11.8 Å². The number of rotatable bonds is 3. The lowest BCUT2D eigenvalue weighted by Gasteiger charge is -2.33. The van der Waals surface area contributed by atoms with E-state index in [9.17, 15) is 10.1 Å². The van der Waals surface area contributed by atoms with Gasteiger partial charge in [0.05, 0.1) is 16.3 Å². The molecule has 1 saturated heterocycles. The average Bonchev–Trinajstić information content (AvgIpc) is 2.38. The first-order chi connectivity index (χ1) is 8.61. The van der Waals surface area contributed by atoms with Crippen LogP contribution in [0.5, 0.6) is 0 Å². The van der Waals surface area contributed by atoms with Crippen LogP contribution < -0.4 is 10.6 Å². The Morgan fingerprint density at radius 3 is 2.61 bits per heavy atom. The van der Waals surface area contributed by atoms with Crippen LogP contribution in [0.25, 0.3) is 0 Å². The molecule has 5 heteroatoms. The molecule has 0 aliphatic carbocycles. The molecule has 0 aromatic heterocycles. The standard InChI is InChI=1S/C13H19N3O2/c1-2-10-5-7-15(8-6-10)13-4-3-11(16(17)18)9-12(13)14/h3-4,9-10H,2,5-8,14H2,1H3. The summed E-state index contributed by atoms with van der Waals surface area (Å²) >= 11 is 0. The summed E-state index contributed by atoms with van der Waals surface area (Å²) < 4.78 is 0. The van der Waals surface area contributed by atoms with Crippen LogP contribution in [-0.2, 0) is 0 Å². The Morgan fingerprint density at radius 1 is 1.44 bits per heavy atom. The van der Waals surface area contributed by atoms with Gasteiger partial charge in [-0.1, -0.05) is 13.3 Å². The number of hydrogen-bond donors (Lipinski definition) is 1.